The van der Waals surface area contributed by atoms with E-state index in [9.17, 15) is 9.59 Å². The fourth-order valence-electron chi connectivity index (χ4n) is 5.77. The number of hydrogen-bond acceptors (Lipinski definition) is 4. The Morgan fingerprint density at radius 3 is 2.63 bits per heavy atom. The molecule has 1 saturated heterocycles. The summed E-state index contributed by atoms with van der Waals surface area (Å²) in [5, 5.41) is 10.4. The number of pyridine rings is 1. The molecule has 0 radical (unpaired) electrons. The molecule has 196 valence electrons. The van der Waals surface area contributed by atoms with Gasteiger partial charge in [0.15, 0.2) is 0 Å². The molecule has 1 fully saturated rings. The van der Waals surface area contributed by atoms with Crippen LogP contribution in [0.3, 0.4) is 0 Å². The van der Waals surface area contributed by atoms with Gasteiger partial charge in [-0.15, -0.1) is 0 Å². The minimum atomic E-state index is -0.245. The number of aromatic nitrogens is 4. The fraction of sp³-hybridized carbons (Fsp3) is 0.379. The predicted octanol–water partition coefficient (Wildman–Crippen LogP) is 4.29. The van der Waals surface area contributed by atoms with Crippen LogP contribution in [0.5, 0.6) is 0 Å². The Morgan fingerprint density at radius 1 is 1.03 bits per heavy atom. The number of anilines is 1. The summed E-state index contributed by atoms with van der Waals surface area (Å²) in [5.41, 5.74) is 6.90. The molecule has 0 spiro atoms. The average Bonchev–Trinajstić information content (AvgIpc) is 3.55. The van der Waals surface area contributed by atoms with Gasteiger partial charge in [-0.1, -0.05) is 12.1 Å². The van der Waals surface area contributed by atoms with Crippen molar-refractivity contribution in [3.8, 4) is 0 Å². The predicted molar refractivity (Wildman–Crippen MR) is 145 cm³/mol. The summed E-state index contributed by atoms with van der Waals surface area (Å²) in [6.45, 7) is 1.92. The van der Waals surface area contributed by atoms with Gasteiger partial charge >= 0.3 is 6.03 Å². The van der Waals surface area contributed by atoms with E-state index in [0.717, 1.165) is 85.5 Å². The number of nitrogens with zero attached hydrogens (tertiary/aromatic N) is 5. The van der Waals surface area contributed by atoms with Crippen LogP contribution in [0, 0.1) is 0 Å². The van der Waals surface area contributed by atoms with Crippen LogP contribution in [0.25, 0.3) is 5.65 Å². The molecule has 4 heterocycles. The molecule has 1 aliphatic heterocycles. The average molecular weight is 512 g/mol. The van der Waals surface area contributed by atoms with Crippen molar-refractivity contribution in [1.29, 1.82) is 0 Å². The highest BCUT2D eigenvalue weighted by atomic mass is 16.2. The van der Waals surface area contributed by atoms with Gasteiger partial charge in [-0.3, -0.25) is 9.48 Å². The van der Waals surface area contributed by atoms with Crippen LogP contribution < -0.4 is 10.6 Å². The zero-order valence-corrected chi connectivity index (χ0v) is 21.7. The van der Waals surface area contributed by atoms with Gasteiger partial charge in [0.1, 0.15) is 11.3 Å². The molecular formula is C29H33N7O2. The van der Waals surface area contributed by atoms with Gasteiger partial charge in [0.05, 0.1) is 5.69 Å². The van der Waals surface area contributed by atoms with Crippen molar-refractivity contribution in [3.05, 3.63) is 83.1 Å². The number of hydrogen-bond donors (Lipinski definition) is 2. The van der Waals surface area contributed by atoms with Crippen LogP contribution in [-0.4, -0.2) is 49.1 Å². The Morgan fingerprint density at radius 2 is 1.82 bits per heavy atom. The lowest BCUT2D eigenvalue weighted by atomic mass is 9.89. The highest BCUT2D eigenvalue weighted by Gasteiger charge is 2.30. The minimum Gasteiger partial charge on any atom is -0.337 e. The molecule has 4 aromatic rings. The molecule has 9 nitrogen and oxygen atoms in total. The minimum absolute atomic E-state index is 0.122. The normalized spacial score (nSPS) is 15.9. The Balaban J connectivity index is 1.01. The molecule has 9 heteroatoms. The lowest BCUT2D eigenvalue weighted by molar-refractivity contribution is 0.0700. The monoisotopic (exact) mass is 511 g/mol. The van der Waals surface area contributed by atoms with Crippen molar-refractivity contribution < 1.29 is 9.59 Å². The van der Waals surface area contributed by atoms with Gasteiger partial charge in [-0.05, 0) is 79.8 Å². The van der Waals surface area contributed by atoms with E-state index in [1.54, 1.807) is 10.9 Å². The molecule has 0 atom stereocenters. The number of carbonyl (C=O) groups is 2. The number of urea groups is 1. The van der Waals surface area contributed by atoms with Crippen molar-refractivity contribution in [2.75, 3.05) is 18.4 Å². The Hall–Kier alpha value is -4.14. The van der Waals surface area contributed by atoms with Crippen LogP contribution in [-0.2, 0) is 26.4 Å². The van der Waals surface area contributed by atoms with E-state index in [4.69, 9.17) is 0 Å². The largest absolute Gasteiger partial charge is 0.337 e. The third-order valence-electron chi connectivity index (χ3n) is 7.86. The number of fused-ring (bicyclic) bond motifs is 2. The van der Waals surface area contributed by atoms with Gasteiger partial charge in [-0.2, -0.15) is 5.10 Å². The Bertz CT molecular complexity index is 1460. The van der Waals surface area contributed by atoms with E-state index < -0.39 is 0 Å². The zero-order chi connectivity index (χ0) is 26.1. The first-order valence-electron chi connectivity index (χ1n) is 13.5. The van der Waals surface area contributed by atoms with Crippen LogP contribution >= 0.6 is 0 Å². The van der Waals surface area contributed by atoms with E-state index in [0.29, 0.717) is 12.5 Å². The molecule has 3 amide bonds. The lowest BCUT2D eigenvalue weighted by Gasteiger charge is -2.32. The molecule has 0 saturated carbocycles. The highest BCUT2D eigenvalue weighted by Crippen LogP contribution is 2.31. The topological polar surface area (TPSA) is 96.6 Å². The van der Waals surface area contributed by atoms with Gasteiger partial charge in [-0.25, -0.2) is 9.78 Å². The number of carbonyl (C=O) groups excluding carboxylic acids is 2. The molecule has 6 rings (SSSR count). The summed E-state index contributed by atoms with van der Waals surface area (Å²) < 4.78 is 3.73. The summed E-state index contributed by atoms with van der Waals surface area (Å²) in [5.74, 6) is 0.525. The van der Waals surface area contributed by atoms with Crippen molar-refractivity contribution in [3.63, 3.8) is 0 Å². The standard InChI is InChI=1S/C29H33N7O2/c1-34-27(24-4-2-3-5-25(24)33-34)28(37)36-15-11-22(12-16-36)21-6-8-23(9-7-21)32-29(38)31-19-20-10-14-35-17-13-30-26(35)18-20/h6-10,13-14,17-18,22H,2-5,11-12,15-16,19H2,1H3,(H2,31,32,38). The maximum absolute atomic E-state index is 13.3. The Labute approximate surface area is 221 Å². The van der Waals surface area contributed by atoms with Crippen LogP contribution in [0.2, 0.25) is 0 Å². The second-order valence-corrected chi connectivity index (χ2v) is 10.3. The quantitative estimate of drug-likeness (QED) is 0.418. The van der Waals surface area contributed by atoms with E-state index >= 15 is 0 Å². The highest BCUT2D eigenvalue weighted by molar-refractivity contribution is 5.94. The second kappa shape index (κ2) is 10.3. The van der Waals surface area contributed by atoms with E-state index in [1.165, 1.54) is 5.56 Å². The molecule has 1 aliphatic carbocycles. The van der Waals surface area contributed by atoms with E-state index in [1.807, 2.05) is 53.0 Å². The maximum Gasteiger partial charge on any atom is 0.319 e. The van der Waals surface area contributed by atoms with Crippen molar-refractivity contribution in [1.82, 2.24) is 29.4 Å². The van der Waals surface area contributed by atoms with Crippen LogP contribution in [0.4, 0.5) is 10.5 Å². The van der Waals surface area contributed by atoms with Crippen LogP contribution in [0.1, 0.15) is 64.5 Å². The molecule has 38 heavy (non-hydrogen) atoms. The second-order valence-electron chi connectivity index (χ2n) is 10.3. The number of likely N-dealkylation sites (tertiary alicyclic amines) is 1. The van der Waals surface area contributed by atoms with Crippen molar-refractivity contribution in [2.45, 2.75) is 51.0 Å². The summed E-state index contributed by atoms with van der Waals surface area (Å²) in [6, 6.07) is 11.7. The fourth-order valence-corrected chi connectivity index (χ4v) is 5.77. The van der Waals surface area contributed by atoms with Gasteiger partial charge in [0.25, 0.3) is 5.91 Å². The Kier molecular flexibility index (Phi) is 6.57. The lowest BCUT2D eigenvalue weighted by Crippen LogP contribution is -2.39. The van der Waals surface area contributed by atoms with Gasteiger partial charge < -0.3 is 19.9 Å². The molecule has 1 aromatic carbocycles. The number of aryl methyl sites for hydroxylation is 2. The number of amides is 3. The first kappa shape index (κ1) is 24.2. The third-order valence-corrected chi connectivity index (χ3v) is 7.86. The van der Waals surface area contributed by atoms with Gasteiger partial charge in [0.2, 0.25) is 0 Å². The molecule has 2 N–H and O–H groups in total. The summed E-state index contributed by atoms with van der Waals surface area (Å²) >= 11 is 0. The van der Waals surface area contributed by atoms with Crippen LogP contribution in [0.15, 0.2) is 55.0 Å². The molecule has 0 unspecified atom stereocenters. The number of benzene rings is 1. The van der Waals surface area contributed by atoms with Crippen molar-refractivity contribution in [2.24, 2.45) is 7.05 Å². The SMILES string of the molecule is Cn1nc2c(c1C(=O)N1CCC(c3ccc(NC(=O)NCc4ccn5ccnc5c4)cc3)CC1)CCCC2. The molecule has 3 aromatic heterocycles. The summed E-state index contributed by atoms with van der Waals surface area (Å²) in [7, 11) is 1.90. The maximum atomic E-state index is 13.3. The molecule has 2 aliphatic rings. The first-order chi connectivity index (χ1) is 18.5. The van der Waals surface area contributed by atoms with E-state index in [2.05, 4.69) is 32.8 Å². The van der Waals surface area contributed by atoms with E-state index in [-0.39, 0.29) is 11.9 Å². The third kappa shape index (κ3) is 4.88. The first-order valence-corrected chi connectivity index (χ1v) is 13.5. The molecular weight excluding hydrogens is 478 g/mol. The molecule has 0 bridgehead atoms. The number of rotatable bonds is 5. The summed E-state index contributed by atoms with van der Waals surface area (Å²) in [4.78, 5) is 32.0. The van der Waals surface area contributed by atoms with Gasteiger partial charge in [0, 0.05) is 56.5 Å². The summed E-state index contributed by atoms with van der Waals surface area (Å²) in [6.07, 6.45) is 11.7. The van der Waals surface area contributed by atoms with Crippen molar-refractivity contribution >= 4 is 23.3 Å². The number of piperidine rings is 1. The smallest absolute Gasteiger partial charge is 0.319 e. The zero-order valence-electron chi connectivity index (χ0n) is 21.7. The number of imidazole rings is 1. The number of nitrogens with one attached hydrogen (secondary N) is 2.